The van der Waals surface area contributed by atoms with E-state index in [2.05, 4.69) is 26.6 Å². The molecule has 0 spiro atoms. The van der Waals surface area contributed by atoms with Crippen LogP contribution < -0.4 is 31.5 Å². The number of hydrogen-bond donors (Lipinski definition) is 5. The summed E-state index contributed by atoms with van der Waals surface area (Å²) in [6.45, 7) is 8.25. The normalized spacial score (nSPS) is 13.3. The summed E-state index contributed by atoms with van der Waals surface area (Å²) >= 11 is 0. The molecule has 0 aliphatic carbocycles. The van der Waals surface area contributed by atoms with Crippen LogP contribution in [-0.4, -0.2) is 207 Å². The van der Waals surface area contributed by atoms with Gasteiger partial charge in [0.1, 0.15) is 19.7 Å². The molecule has 0 rings (SSSR count). The van der Waals surface area contributed by atoms with Crippen LogP contribution in [0.3, 0.4) is 0 Å². The zero-order valence-corrected chi connectivity index (χ0v) is 38.8. The molecule has 0 aromatic heterocycles. The molecule has 3 atom stereocenters. The second-order valence-electron chi connectivity index (χ2n) is 13.7. The monoisotopic (exact) mass is 932 g/mol. The predicted octanol–water partition coefficient (Wildman–Crippen LogP) is -1.71. The molecule has 370 valence electrons. The van der Waals surface area contributed by atoms with Gasteiger partial charge in [-0.05, 0) is 12.8 Å². The van der Waals surface area contributed by atoms with E-state index in [4.69, 9.17) is 51.9 Å². The van der Waals surface area contributed by atoms with Crippen molar-refractivity contribution in [3.05, 3.63) is 0 Å². The second kappa shape index (κ2) is 41.8. The van der Waals surface area contributed by atoms with Gasteiger partial charge >= 0.3 is 0 Å². The van der Waals surface area contributed by atoms with Gasteiger partial charge in [0.25, 0.3) is 0 Å². The van der Waals surface area contributed by atoms with Crippen molar-refractivity contribution in [2.24, 2.45) is 0 Å². The smallest absolute Gasteiger partial charge is 0.242 e. The molecule has 5 N–H and O–H groups in total. The number of carbonyl (C=O) groups excluding carboxylic acids is 5. The molecule has 23 nitrogen and oxygen atoms in total. The summed E-state index contributed by atoms with van der Waals surface area (Å²) in [7, 11) is 0.768. The summed E-state index contributed by atoms with van der Waals surface area (Å²) in [5.74, 6) is -2.45. The van der Waals surface area contributed by atoms with E-state index < -0.39 is 49.0 Å². The number of carbonyl (C=O) groups is 5. The van der Waals surface area contributed by atoms with E-state index in [9.17, 15) is 33.4 Å². The number of hydrogen-bond acceptors (Lipinski definition) is 18. The molecule has 0 aliphatic heterocycles. The van der Waals surface area contributed by atoms with Crippen molar-refractivity contribution in [3.8, 4) is 0 Å². The minimum Gasteiger partial charge on any atom is -0.778 e. The van der Waals surface area contributed by atoms with Crippen molar-refractivity contribution in [1.29, 1.82) is 0 Å². The molecule has 0 saturated heterocycles. The Morgan fingerprint density at radius 3 is 1.19 bits per heavy atom. The molecule has 0 heterocycles. The first-order valence-electron chi connectivity index (χ1n) is 21.2. The Morgan fingerprint density at radius 2 is 0.778 bits per heavy atom. The largest absolute Gasteiger partial charge is 0.778 e. The molecule has 0 radical (unpaired) electrons. The van der Waals surface area contributed by atoms with Gasteiger partial charge in [-0.3, -0.25) is 24.0 Å². The molecule has 24 heteroatoms. The molecule has 63 heavy (non-hydrogen) atoms. The molecule has 0 aromatic rings. The average molecular weight is 933 g/mol. The average Bonchev–Trinajstić information content (AvgIpc) is 3.25. The zero-order chi connectivity index (χ0) is 46.8. The van der Waals surface area contributed by atoms with E-state index in [-0.39, 0.29) is 124 Å². The van der Waals surface area contributed by atoms with Crippen LogP contribution in [0, 0.1) is 0 Å². The van der Waals surface area contributed by atoms with Gasteiger partial charge < -0.3 is 87.9 Å². The van der Waals surface area contributed by atoms with Gasteiger partial charge in [0.2, 0.25) is 29.5 Å². The Morgan fingerprint density at radius 1 is 0.444 bits per heavy atom. The lowest BCUT2D eigenvalue weighted by Crippen LogP contribution is -2.50. The Kier molecular flexibility index (Phi) is 39.9. The lowest BCUT2D eigenvalue weighted by Gasteiger charge is -2.26. The highest BCUT2D eigenvalue weighted by Gasteiger charge is 2.25. The van der Waals surface area contributed by atoms with Crippen molar-refractivity contribution in [2.75, 3.05) is 160 Å². The predicted molar refractivity (Wildman–Crippen MR) is 226 cm³/mol. The highest BCUT2D eigenvalue weighted by Crippen LogP contribution is 2.41. The number of amides is 5. The SMILES string of the molecule is COCCOCCNC(=O)CCC(NC(=O)CCC(NC(=O)CCOCCOCCOCCOCCOP(=O)([O-])C(C)C)C(=O)NCCOCCOC)C(=O)NCCOCCOC. The third-order valence-electron chi connectivity index (χ3n) is 8.30. The molecule has 3 unspecified atom stereocenters. The molecular formula is C39H75N5O18P-. The van der Waals surface area contributed by atoms with Crippen molar-refractivity contribution >= 4 is 37.1 Å². The summed E-state index contributed by atoms with van der Waals surface area (Å²) in [6.07, 6.45) is -0.485. The fraction of sp³-hybridized carbons (Fsp3) is 0.872. The van der Waals surface area contributed by atoms with E-state index in [1.54, 1.807) is 28.1 Å². The summed E-state index contributed by atoms with van der Waals surface area (Å²) in [4.78, 5) is 76.4. The molecular weight excluding hydrogens is 857 g/mol. The van der Waals surface area contributed by atoms with Gasteiger partial charge in [-0.15, -0.1) is 0 Å². The van der Waals surface area contributed by atoms with Crippen LogP contribution in [0.5, 0.6) is 0 Å². The molecule has 0 aliphatic rings. The van der Waals surface area contributed by atoms with Gasteiger partial charge in [0.05, 0.1) is 119 Å². The summed E-state index contributed by atoms with van der Waals surface area (Å²) < 4.78 is 69.0. The molecule has 0 saturated carbocycles. The van der Waals surface area contributed by atoms with E-state index in [0.717, 1.165) is 0 Å². The van der Waals surface area contributed by atoms with Crippen molar-refractivity contribution in [1.82, 2.24) is 26.6 Å². The fourth-order valence-electron chi connectivity index (χ4n) is 4.74. The lowest BCUT2D eigenvalue weighted by molar-refractivity contribution is -0.201. The van der Waals surface area contributed by atoms with Gasteiger partial charge in [0, 0.05) is 65.9 Å². The Bertz CT molecular complexity index is 1240. The topological polar surface area (TPSA) is 287 Å². The van der Waals surface area contributed by atoms with Crippen molar-refractivity contribution in [3.63, 3.8) is 0 Å². The minimum atomic E-state index is -3.86. The Hall–Kier alpha value is -2.90. The number of methoxy groups -OCH3 is 3. The zero-order valence-electron chi connectivity index (χ0n) is 37.9. The molecule has 0 fully saturated rings. The van der Waals surface area contributed by atoms with E-state index in [0.29, 0.717) is 52.9 Å². The summed E-state index contributed by atoms with van der Waals surface area (Å²) in [6, 6.07) is -2.17. The number of nitrogens with one attached hydrogen (secondary N) is 5. The van der Waals surface area contributed by atoms with Gasteiger partial charge in [-0.1, -0.05) is 13.8 Å². The quantitative estimate of drug-likeness (QED) is 0.0336. The lowest BCUT2D eigenvalue weighted by atomic mass is 10.1. The first-order valence-corrected chi connectivity index (χ1v) is 22.9. The van der Waals surface area contributed by atoms with Gasteiger partial charge in [0.15, 0.2) is 0 Å². The highest BCUT2D eigenvalue weighted by molar-refractivity contribution is 7.52. The Labute approximate surface area is 372 Å². The standard InChI is InChI=1S/C39H76N5O18P/c1-32(2)63(50,51)62-31-30-61-29-28-60-27-26-59-25-24-55-14-10-37(47)44-34(39(49)42-13-17-58-23-20-54-5)7-9-36(46)43-33(38(48)41-12-16-57-22-19-53-4)6-8-35(45)40-11-15-56-21-18-52-3/h32-34H,6-31H2,1-5H3,(H,40,45)(H,41,48)(H,42,49)(H,43,46)(H,44,47)(H,50,51)/p-1. The van der Waals surface area contributed by atoms with Crippen LogP contribution in [0.4, 0.5) is 0 Å². The van der Waals surface area contributed by atoms with Crippen LogP contribution in [0.15, 0.2) is 0 Å². The number of rotatable bonds is 45. The highest BCUT2D eigenvalue weighted by atomic mass is 31.2. The van der Waals surface area contributed by atoms with Crippen LogP contribution >= 0.6 is 7.60 Å². The maximum Gasteiger partial charge on any atom is 0.242 e. The third-order valence-corrected chi connectivity index (χ3v) is 10.1. The number of ether oxygens (including phenoxy) is 10. The van der Waals surface area contributed by atoms with Crippen LogP contribution in [-0.2, 0) is 80.4 Å². The van der Waals surface area contributed by atoms with E-state index in [1.807, 2.05) is 0 Å². The first-order chi connectivity index (χ1) is 30.4. The summed E-state index contributed by atoms with van der Waals surface area (Å²) in [5.41, 5.74) is -0.595. The maximum atomic E-state index is 13.2. The second-order valence-corrected chi connectivity index (χ2v) is 16.1. The third kappa shape index (κ3) is 37.1. The summed E-state index contributed by atoms with van der Waals surface area (Å²) in [5, 5.41) is 13.4. The van der Waals surface area contributed by atoms with Gasteiger partial charge in [-0.2, -0.15) is 0 Å². The van der Waals surface area contributed by atoms with Crippen LogP contribution in [0.2, 0.25) is 0 Å². The molecule has 5 amide bonds. The molecule has 0 bridgehead atoms. The van der Waals surface area contributed by atoms with E-state index >= 15 is 0 Å². The first kappa shape index (κ1) is 60.1. The van der Waals surface area contributed by atoms with Gasteiger partial charge in [-0.25, -0.2) is 0 Å². The molecule has 0 aromatic carbocycles. The van der Waals surface area contributed by atoms with E-state index in [1.165, 1.54) is 7.11 Å². The van der Waals surface area contributed by atoms with Crippen molar-refractivity contribution < 1.29 is 85.3 Å². The minimum absolute atomic E-state index is 0.00940. The fourth-order valence-corrected chi connectivity index (χ4v) is 5.37. The maximum absolute atomic E-state index is 13.2. The van der Waals surface area contributed by atoms with Crippen LogP contribution in [0.1, 0.15) is 46.0 Å². The Balaban J connectivity index is 4.93. The van der Waals surface area contributed by atoms with Crippen LogP contribution in [0.25, 0.3) is 0 Å². The van der Waals surface area contributed by atoms with Crippen molar-refractivity contribution in [2.45, 2.75) is 63.7 Å².